The van der Waals surface area contributed by atoms with Gasteiger partial charge in [0.05, 0.1) is 11.5 Å². The highest BCUT2D eigenvalue weighted by atomic mass is 32.2. The lowest BCUT2D eigenvalue weighted by atomic mass is 10.2. The number of thiophene rings is 1. The summed E-state index contributed by atoms with van der Waals surface area (Å²) in [5.74, 6) is -0.737. The van der Waals surface area contributed by atoms with Crippen LogP contribution in [0.4, 0.5) is 5.00 Å². The third-order valence-corrected chi connectivity index (χ3v) is 6.15. The van der Waals surface area contributed by atoms with Crippen molar-refractivity contribution < 1.29 is 14.3 Å². The van der Waals surface area contributed by atoms with Crippen molar-refractivity contribution in [3.63, 3.8) is 0 Å². The first-order valence-electron chi connectivity index (χ1n) is 7.33. The molecule has 0 saturated heterocycles. The maximum atomic E-state index is 12.5. The summed E-state index contributed by atoms with van der Waals surface area (Å²) in [6.07, 6.45) is 1.96. The Morgan fingerprint density at radius 1 is 1.32 bits per heavy atom. The third kappa shape index (κ3) is 4.57. The second-order valence-corrected chi connectivity index (χ2v) is 7.51. The van der Waals surface area contributed by atoms with E-state index < -0.39 is 5.97 Å². The Labute approximate surface area is 158 Å². The summed E-state index contributed by atoms with van der Waals surface area (Å²) in [4.78, 5) is 26.5. The van der Waals surface area contributed by atoms with Gasteiger partial charge in [0.25, 0.3) is 5.91 Å². The molecule has 8 heteroatoms. The molecule has 0 aliphatic rings. The van der Waals surface area contributed by atoms with Gasteiger partial charge >= 0.3 is 5.97 Å². The molecular weight excluding hydrogens is 376 g/mol. The van der Waals surface area contributed by atoms with Crippen molar-refractivity contribution in [2.45, 2.75) is 23.6 Å². The van der Waals surface area contributed by atoms with Gasteiger partial charge in [-0.3, -0.25) is 4.79 Å². The van der Waals surface area contributed by atoms with Crippen molar-refractivity contribution in [1.82, 2.24) is 0 Å². The average Bonchev–Trinajstić information content (AvgIpc) is 2.92. The number of amides is 1. The number of nitrogens with one attached hydrogen (secondary N) is 1. The van der Waals surface area contributed by atoms with Crippen molar-refractivity contribution >= 4 is 51.7 Å². The molecule has 0 saturated carbocycles. The first-order chi connectivity index (χ1) is 12.0. The van der Waals surface area contributed by atoms with Crippen LogP contribution in [-0.4, -0.2) is 24.7 Å². The Hall–Kier alpha value is -1.95. The fourth-order valence-corrected chi connectivity index (χ4v) is 4.26. The van der Waals surface area contributed by atoms with Gasteiger partial charge in [0, 0.05) is 10.5 Å². The minimum Gasteiger partial charge on any atom is -0.462 e. The Balaban J connectivity index is 2.30. The van der Waals surface area contributed by atoms with Gasteiger partial charge in [-0.05, 0) is 61.7 Å². The highest BCUT2D eigenvalue weighted by Gasteiger charge is 2.23. The van der Waals surface area contributed by atoms with E-state index >= 15 is 0 Å². The van der Waals surface area contributed by atoms with Crippen molar-refractivity contribution in [2.24, 2.45) is 0 Å². The number of hydrogen-bond donors (Lipinski definition) is 1. The number of nitrogens with zero attached hydrogens (tertiary/aromatic N) is 1. The fourth-order valence-electron chi connectivity index (χ4n) is 2.06. The van der Waals surface area contributed by atoms with Crippen LogP contribution >= 0.6 is 34.9 Å². The van der Waals surface area contributed by atoms with Crippen LogP contribution < -0.4 is 5.32 Å². The minimum absolute atomic E-state index is 0.264. The van der Waals surface area contributed by atoms with E-state index in [4.69, 9.17) is 10.00 Å². The first-order valence-corrected chi connectivity index (χ1v) is 10.2. The van der Waals surface area contributed by atoms with Crippen molar-refractivity contribution in [3.8, 4) is 5.40 Å². The summed E-state index contributed by atoms with van der Waals surface area (Å²) in [5, 5.41) is 14.3. The van der Waals surface area contributed by atoms with Gasteiger partial charge in [-0.2, -0.15) is 5.26 Å². The van der Waals surface area contributed by atoms with E-state index in [0.29, 0.717) is 25.9 Å². The highest BCUT2D eigenvalue weighted by Crippen LogP contribution is 2.40. The molecule has 0 atom stereocenters. The monoisotopic (exact) mass is 392 g/mol. The number of carbonyl (C=O) groups is 2. The molecule has 1 aromatic carbocycles. The molecule has 1 amide bonds. The van der Waals surface area contributed by atoms with E-state index in [1.54, 1.807) is 37.7 Å². The van der Waals surface area contributed by atoms with Gasteiger partial charge in [0.1, 0.15) is 15.3 Å². The molecule has 5 nitrogen and oxygen atoms in total. The lowest BCUT2D eigenvalue weighted by Gasteiger charge is -2.05. The number of esters is 1. The molecule has 0 aliphatic carbocycles. The quantitative estimate of drug-likeness (QED) is 0.433. The summed E-state index contributed by atoms with van der Waals surface area (Å²) < 4.78 is 5.03. The topological polar surface area (TPSA) is 79.2 Å². The van der Waals surface area contributed by atoms with Gasteiger partial charge < -0.3 is 10.1 Å². The van der Waals surface area contributed by atoms with Crippen LogP contribution in [0, 0.1) is 17.6 Å². The van der Waals surface area contributed by atoms with E-state index in [1.807, 2.05) is 23.8 Å². The Morgan fingerprint density at radius 2 is 2.00 bits per heavy atom. The predicted molar refractivity (Wildman–Crippen MR) is 103 cm³/mol. The summed E-state index contributed by atoms with van der Waals surface area (Å²) in [7, 11) is 0. The number of ether oxygens (including phenoxy) is 1. The molecule has 2 aromatic rings. The van der Waals surface area contributed by atoms with Crippen LogP contribution in [0.1, 0.15) is 32.5 Å². The molecule has 0 radical (unpaired) electrons. The lowest BCUT2D eigenvalue weighted by molar-refractivity contribution is 0.0531. The van der Waals surface area contributed by atoms with Crippen LogP contribution in [0.3, 0.4) is 0 Å². The number of thiocyanates is 1. The van der Waals surface area contributed by atoms with Crippen LogP contribution in [0.25, 0.3) is 0 Å². The van der Waals surface area contributed by atoms with Crippen molar-refractivity contribution in [2.75, 3.05) is 18.2 Å². The van der Waals surface area contributed by atoms with E-state index in [-0.39, 0.29) is 12.5 Å². The van der Waals surface area contributed by atoms with Crippen LogP contribution in [0.5, 0.6) is 0 Å². The zero-order valence-electron chi connectivity index (χ0n) is 13.9. The molecule has 0 aliphatic heterocycles. The summed E-state index contributed by atoms with van der Waals surface area (Å²) in [6.45, 7) is 3.73. The van der Waals surface area contributed by atoms with Gasteiger partial charge in [0.2, 0.25) is 0 Å². The van der Waals surface area contributed by atoms with Crippen molar-refractivity contribution in [1.29, 1.82) is 5.26 Å². The van der Waals surface area contributed by atoms with E-state index in [0.717, 1.165) is 28.0 Å². The summed E-state index contributed by atoms with van der Waals surface area (Å²) in [6, 6.07) is 7.22. The third-order valence-electron chi connectivity index (χ3n) is 3.28. The molecule has 0 fully saturated rings. The maximum absolute atomic E-state index is 12.5. The molecule has 0 bridgehead atoms. The van der Waals surface area contributed by atoms with Crippen LogP contribution in [-0.2, 0) is 4.74 Å². The highest BCUT2D eigenvalue weighted by molar-refractivity contribution is 8.04. The molecular formula is C17H16N2O3S3. The molecule has 1 heterocycles. The zero-order valence-corrected chi connectivity index (χ0v) is 16.4. The van der Waals surface area contributed by atoms with Gasteiger partial charge in [-0.1, -0.05) is 0 Å². The number of anilines is 1. The number of thioether (sulfide) groups is 2. The maximum Gasteiger partial charge on any atom is 0.348 e. The summed E-state index contributed by atoms with van der Waals surface area (Å²) in [5.41, 5.74) is 1.15. The Bertz CT molecular complexity index is 823. The van der Waals surface area contributed by atoms with E-state index in [9.17, 15) is 9.59 Å². The molecule has 0 unspecified atom stereocenters. The van der Waals surface area contributed by atoms with Gasteiger partial charge in [-0.25, -0.2) is 4.79 Å². The minimum atomic E-state index is -0.449. The molecule has 1 aromatic heterocycles. The van der Waals surface area contributed by atoms with Gasteiger partial charge in [0.15, 0.2) is 0 Å². The zero-order chi connectivity index (χ0) is 18.4. The average molecular weight is 393 g/mol. The Morgan fingerprint density at radius 3 is 2.56 bits per heavy atom. The number of carbonyl (C=O) groups excluding carboxylic acids is 2. The van der Waals surface area contributed by atoms with Crippen LogP contribution in [0.2, 0.25) is 0 Å². The normalized spacial score (nSPS) is 10.2. The molecule has 2 rings (SSSR count). The number of nitriles is 1. The smallest absolute Gasteiger partial charge is 0.348 e. The van der Waals surface area contributed by atoms with E-state index in [1.165, 1.54) is 0 Å². The van der Waals surface area contributed by atoms with Crippen molar-refractivity contribution in [3.05, 3.63) is 40.3 Å². The lowest BCUT2D eigenvalue weighted by Crippen LogP contribution is -2.11. The standard InChI is InChI=1S/C17H16N2O3S3/c1-4-22-17(21)14-10(2)13(24-9-18)16(25-14)19-15(20)11-5-7-12(23-3)8-6-11/h5-8H,4H2,1-3H3,(H,19,20). The molecule has 0 spiro atoms. The van der Waals surface area contributed by atoms with Gasteiger partial charge in [-0.15, -0.1) is 23.1 Å². The summed E-state index contributed by atoms with van der Waals surface area (Å²) >= 11 is 3.64. The van der Waals surface area contributed by atoms with Crippen LogP contribution in [0.15, 0.2) is 34.1 Å². The fraction of sp³-hybridized carbons (Fsp3) is 0.235. The second-order valence-electron chi connectivity index (χ2n) is 4.81. The largest absolute Gasteiger partial charge is 0.462 e. The molecule has 130 valence electrons. The SMILES string of the molecule is CCOC(=O)c1sc(NC(=O)c2ccc(SC)cc2)c(SC#N)c1C. The number of hydrogen-bond acceptors (Lipinski definition) is 7. The molecule has 25 heavy (non-hydrogen) atoms. The van der Waals surface area contributed by atoms with E-state index in [2.05, 4.69) is 5.32 Å². The predicted octanol–water partition coefficient (Wildman–Crippen LogP) is 4.78. The Kier molecular flexibility index (Phi) is 6.93. The first kappa shape index (κ1) is 19.4. The number of rotatable bonds is 6. The number of benzene rings is 1. The second kappa shape index (κ2) is 8.94. The molecule has 1 N–H and O–H groups in total.